The lowest BCUT2D eigenvalue weighted by atomic mass is 10.1. The molecule has 1 aromatic heterocycles. The quantitative estimate of drug-likeness (QED) is 0.786. The van der Waals surface area contributed by atoms with Crippen LogP contribution in [0.4, 0.5) is 11.6 Å². The van der Waals surface area contributed by atoms with Gasteiger partial charge in [0.2, 0.25) is 5.91 Å². The molecular formula is C11H10N6O2. The van der Waals surface area contributed by atoms with Crippen molar-refractivity contribution in [2.45, 2.75) is 6.42 Å². The Morgan fingerprint density at radius 3 is 3.05 bits per heavy atom. The number of fused-ring (bicyclic) bond motifs is 1. The molecule has 96 valence electrons. The third kappa shape index (κ3) is 2.15. The van der Waals surface area contributed by atoms with Crippen LogP contribution in [0.3, 0.4) is 0 Å². The number of benzene rings is 1. The van der Waals surface area contributed by atoms with Crippen LogP contribution < -0.4 is 10.6 Å². The summed E-state index contributed by atoms with van der Waals surface area (Å²) in [6.45, 7) is 0. The largest absolute Gasteiger partial charge is 0.326 e. The molecule has 0 fully saturated rings. The van der Waals surface area contributed by atoms with Gasteiger partial charge in [-0.3, -0.25) is 14.9 Å². The number of amides is 2. The smallest absolute Gasteiger partial charge is 0.270 e. The highest BCUT2D eigenvalue weighted by Gasteiger charge is 2.19. The van der Waals surface area contributed by atoms with E-state index < -0.39 is 0 Å². The van der Waals surface area contributed by atoms with Crippen LogP contribution in [0.5, 0.6) is 0 Å². The standard InChI is InChI=1S/C11H10N6O2/c1-17-15-11(14-16-17)13-10(19)6-2-3-8-7(4-6)5-9(18)12-8/h2-4H,5H2,1H3,(H,12,18)(H,13,15,19). The molecule has 0 atom stereocenters. The second-order valence-electron chi connectivity index (χ2n) is 4.15. The van der Waals surface area contributed by atoms with E-state index in [1.165, 1.54) is 4.80 Å². The van der Waals surface area contributed by atoms with Crippen LogP contribution in [0.15, 0.2) is 18.2 Å². The Morgan fingerprint density at radius 1 is 1.47 bits per heavy atom. The molecule has 8 heteroatoms. The summed E-state index contributed by atoms with van der Waals surface area (Å²) in [6, 6.07) is 5.02. The van der Waals surface area contributed by atoms with Crippen molar-refractivity contribution in [1.82, 2.24) is 20.2 Å². The number of hydrogen-bond donors (Lipinski definition) is 2. The molecule has 0 saturated heterocycles. The monoisotopic (exact) mass is 258 g/mol. The fourth-order valence-electron chi connectivity index (χ4n) is 1.88. The number of aromatic nitrogens is 4. The Kier molecular flexibility index (Phi) is 2.48. The van der Waals surface area contributed by atoms with Crippen molar-refractivity contribution >= 4 is 23.5 Å². The molecule has 0 aliphatic carbocycles. The Labute approximate surface area is 107 Å². The van der Waals surface area contributed by atoms with Crippen LogP contribution in [-0.2, 0) is 18.3 Å². The van der Waals surface area contributed by atoms with Gasteiger partial charge in [-0.1, -0.05) is 5.10 Å². The number of tetrazole rings is 1. The van der Waals surface area contributed by atoms with Crippen LogP contribution in [0, 0.1) is 0 Å². The molecular weight excluding hydrogens is 248 g/mol. The van der Waals surface area contributed by atoms with Gasteiger partial charge in [0.1, 0.15) is 0 Å². The minimum Gasteiger partial charge on any atom is -0.326 e. The van der Waals surface area contributed by atoms with E-state index in [0.29, 0.717) is 12.0 Å². The topological polar surface area (TPSA) is 102 Å². The SMILES string of the molecule is Cn1nnc(NC(=O)c2ccc3c(c2)CC(=O)N3)n1. The van der Waals surface area contributed by atoms with Gasteiger partial charge in [0.05, 0.1) is 13.5 Å². The summed E-state index contributed by atoms with van der Waals surface area (Å²) in [5, 5.41) is 16.4. The van der Waals surface area contributed by atoms with Crippen molar-refractivity contribution in [2.24, 2.45) is 7.05 Å². The first-order valence-electron chi connectivity index (χ1n) is 5.60. The third-order valence-electron chi connectivity index (χ3n) is 2.73. The van der Waals surface area contributed by atoms with Gasteiger partial charge in [-0.25, -0.2) is 0 Å². The minimum absolute atomic E-state index is 0.0665. The molecule has 2 heterocycles. The van der Waals surface area contributed by atoms with Crippen molar-refractivity contribution < 1.29 is 9.59 Å². The third-order valence-corrected chi connectivity index (χ3v) is 2.73. The van der Waals surface area contributed by atoms with E-state index in [-0.39, 0.29) is 17.8 Å². The fourth-order valence-corrected chi connectivity index (χ4v) is 1.88. The van der Waals surface area contributed by atoms with E-state index in [2.05, 4.69) is 26.0 Å². The summed E-state index contributed by atoms with van der Waals surface area (Å²) < 4.78 is 0. The van der Waals surface area contributed by atoms with Crippen LogP contribution in [-0.4, -0.2) is 32.0 Å². The van der Waals surface area contributed by atoms with Gasteiger partial charge in [-0.05, 0) is 29.0 Å². The van der Waals surface area contributed by atoms with E-state index in [1.54, 1.807) is 25.2 Å². The number of rotatable bonds is 2. The number of nitrogens with zero attached hydrogens (tertiary/aromatic N) is 4. The van der Waals surface area contributed by atoms with Crippen molar-refractivity contribution in [1.29, 1.82) is 0 Å². The molecule has 1 aliphatic heterocycles. The zero-order valence-electron chi connectivity index (χ0n) is 10.0. The maximum Gasteiger partial charge on any atom is 0.270 e. The van der Waals surface area contributed by atoms with Crippen LogP contribution in [0.25, 0.3) is 0 Å². The molecule has 8 nitrogen and oxygen atoms in total. The Hall–Kier alpha value is -2.77. The summed E-state index contributed by atoms with van der Waals surface area (Å²) in [6.07, 6.45) is 0.292. The van der Waals surface area contributed by atoms with Gasteiger partial charge in [0.25, 0.3) is 11.9 Å². The molecule has 0 unspecified atom stereocenters. The van der Waals surface area contributed by atoms with Crippen molar-refractivity contribution in [2.75, 3.05) is 10.6 Å². The summed E-state index contributed by atoms with van der Waals surface area (Å²) in [5.41, 5.74) is 2.01. The summed E-state index contributed by atoms with van der Waals surface area (Å²) in [7, 11) is 1.61. The molecule has 0 saturated carbocycles. The lowest BCUT2D eigenvalue weighted by molar-refractivity contribution is -0.115. The maximum absolute atomic E-state index is 12.0. The molecule has 0 radical (unpaired) electrons. The highest BCUT2D eigenvalue weighted by Crippen LogP contribution is 2.23. The van der Waals surface area contributed by atoms with Gasteiger partial charge in [0, 0.05) is 11.3 Å². The maximum atomic E-state index is 12.0. The van der Waals surface area contributed by atoms with Gasteiger partial charge >= 0.3 is 0 Å². The van der Waals surface area contributed by atoms with Gasteiger partial charge in [-0.15, -0.1) is 5.10 Å². The van der Waals surface area contributed by atoms with Crippen LogP contribution in [0.2, 0.25) is 0 Å². The number of aryl methyl sites for hydroxylation is 1. The average Bonchev–Trinajstić information content (AvgIpc) is 2.93. The Balaban J connectivity index is 1.81. The van der Waals surface area contributed by atoms with E-state index in [4.69, 9.17) is 0 Å². The molecule has 3 rings (SSSR count). The minimum atomic E-state index is -0.338. The predicted molar refractivity (Wildman–Crippen MR) is 65.5 cm³/mol. The molecule has 2 aromatic rings. The lowest BCUT2D eigenvalue weighted by Crippen LogP contribution is -2.13. The highest BCUT2D eigenvalue weighted by molar-refractivity contribution is 6.05. The Morgan fingerprint density at radius 2 is 2.32 bits per heavy atom. The van der Waals surface area contributed by atoms with E-state index in [0.717, 1.165) is 11.3 Å². The fraction of sp³-hybridized carbons (Fsp3) is 0.182. The molecule has 2 N–H and O–H groups in total. The normalized spacial score (nSPS) is 13.0. The Bertz CT molecular complexity index is 678. The number of anilines is 2. The van der Waals surface area contributed by atoms with E-state index >= 15 is 0 Å². The molecule has 1 aromatic carbocycles. The number of carbonyl (C=O) groups is 2. The summed E-state index contributed by atoms with van der Waals surface area (Å²) in [5.74, 6) is -0.263. The van der Waals surface area contributed by atoms with Gasteiger partial charge in [-0.2, -0.15) is 4.80 Å². The highest BCUT2D eigenvalue weighted by atomic mass is 16.2. The van der Waals surface area contributed by atoms with Crippen LogP contribution in [0.1, 0.15) is 15.9 Å². The van der Waals surface area contributed by atoms with E-state index in [9.17, 15) is 9.59 Å². The second-order valence-corrected chi connectivity index (χ2v) is 4.15. The first-order valence-corrected chi connectivity index (χ1v) is 5.60. The number of carbonyl (C=O) groups excluding carboxylic acids is 2. The number of hydrogen-bond acceptors (Lipinski definition) is 5. The lowest BCUT2D eigenvalue weighted by Gasteiger charge is -2.03. The van der Waals surface area contributed by atoms with Gasteiger partial charge < -0.3 is 5.32 Å². The van der Waals surface area contributed by atoms with E-state index in [1.807, 2.05) is 0 Å². The van der Waals surface area contributed by atoms with Crippen molar-refractivity contribution in [3.05, 3.63) is 29.3 Å². The molecule has 2 amide bonds. The molecule has 0 spiro atoms. The average molecular weight is 258 g/mol. The predicted octanol–water partition coefficient (Wildman–Crippen LogP) is -0.0430. The number of nitrogens with one attached hydrogen (secondary N) is 2. The van der Waals surface area contributed by atoms with Crippen molar-refractivity contribution in [3.63, 3.8) is 0 Å². The molecule has 1 aliphatic rings. The first-order chi connectivity index (χ1) is 9.11. The second kappa shape index (κ2) is 4.16. The zero-order valence-corrected chi connectivity index (χ0v) is 10.0. The molecule has 19 heavy (non-hydrogen) atoms. The van der Waals surface area contributed by atoms with Crippen molar-refractivity contribution in [3.8, 4) is 0 Å². The summed E-state index contributed by atoms with van der Waals surface area (Å²) >= 11 is 0. The van der Waals surface area contributed by atoms with Gasteiger partial charge in [0.15, 0.2) is 0 Å². The van der Waals surface area contributed by atoms with Crippen LogP contribution >= 0.6 is 0 Å². The summed E-state index contributed by atoms with van der Waals surface area (Å²) in [4.78, 5) is 24.5. The molecule has 0 bridgehead atoms. The first kappa shape index (κ1) is 11.3. The zero-order chi connectivity index (χ0) is 13.4.